The van der Waals surface area contributed by atoms with Crippen LogP contribution in [0, 0.1) is 0 Å². The Morgan fingerprint density at radius 3 is 2.95 bits per heavy atom. The molecule has 19 heavy (non-hydrogen) atoms. The van der Waals surface area contributed by atoms with Gasteiger partial charge < -0.3 is 10.2 Å². The second-order valence-corrected chi connectivity index (χ2v) is 5.38. The molecule has 1 N–H and O–H groups in total. The highest BCUT2D eigenvalue weighted by Crippen LogP contribution is 2.24. The van der Waals surface area contributed by atoms with E-state index in [4.69, 9.17) is 0 Å². The van der Waals surface area contributed by atoms with Crippen molar-refractivity contribution in [1.29, 1.82) is 0 Å². The quantitative estimate of drug-likeness (QED) is 0.804. The van der Waals surface area contributed by atoms with Crippen molar-refractivity contribution >= 4 is 10.9 Å². The molecule has 0 bridgehead atoms. The molecule has 1 fully saturated rings. The Kier molecular flexibility index (Phi) is 3.76. The highest BCUT2D eigenvalue weighted by molar-refractivity contribution is 5.81. The molecular formula is C16H21N3. The molecule has 0 saturated heterocycles. The Morgan fingerprint density at radius 2 is 2.11 bits per heavy atom. The highest BCUT2D eigenvalue weighted by atomic mass is 15.2. The van der Waals surface area contributed by atoms with E-state index < -0.39 is 0 Å². The summed E-state index contributed by atoms with van der Waals surface area (Å²) in [5.74, 6) is 0. The van der Waals surface area contributed by atoms with Crippen LogP contribution in [0.2, 0.25) is 0 Å². The lowest BCUT2D eigenvalue weighted by Gasteiger charge is -2.16. The van der Waals surface area contributed by atoms with Crippen LogP contribution >= 0.6 is 0 Å². The summed E-state index contributed by atoms with van der Waals surface area (Å²) in [6.07, 6.45) is 4.66. The number of hydrogen-bond acceptors (Lipinski definition) is 3. The molecule has 1 saturated carbocycles. The molecule has 0 amide bonds. The van der Waals surface area contributed by atoms with Gasteiger partial charge in [0.2, 0.25) is 0 Å². The maximum atomic E-state index is 4.39. The number of nitrogens with one attached hydrogen (secondary N) is 1. The summed E-state index contributed by atoms with van der Waals surface area (Å²) in [6.45, 7) is 3.10. The molecule has 3 rings (SSSR count). The summed E-state index contributed by atoms with van der Waals surface area (Å²) in [5, 5.41) is 4.80. The van der Waals surface area contributed by atoms with Crippen LogP contribution in [0.25, 0.3) is 10.9 Å². The number of aromatic nitrogens is 1. The number of para-hydroxylation sites is 1. The van der Waals surface area contributed by atoms with Gasteiger partial charge in [-0.2, -0.15) is 0 Å². The van der Waals surface area contributed by atoms with Crippen LogP contribution in [0.5, 0.6) is 0 Å². The number of hydrogen-bond donors (Lipinski definition) is 1. The summed E-state index contributed by atoms with van der Waals surface area (Å²) in [7, 11) is 2.22. The van der Waals surface area contributed by atoms with Crippen LogP contribution in [-0.4, -0.2) is 36.1 Å². The van der Waals surface area contributed by atoms with Gasteiger partial charge >= 0.3 is 0 Å². The Morgan fingerprint density at radius 1 is 1.26 bits per heavy atom. The van der Waals surface area contributed by atoms with Crippen molar-refractivity contribution in [3.63, 3.8) is 0 Å². The predicted octanol–water partition coefficient (Wildman–Crippen LogP) is 2.42. The second-order valence-electron chi connectivity index (χ2n) is 5.38. The molecule has 3 heteroatoms. The minimum atomic E-state index is 0.851. The molecule has 1 aromatic carbocycles. The molecule has 0 spiro atoms. The molecule has 1 aromatic heterocycles. The van der Waals surface area contributed by atoms with Gasteiger partial charge in [-0.25, -0.2) is 0 Å². The minimum absolute atomic E-state index is 0.851. The van der Waals surface area contributed by atoms with Crippen LogP contribution in [0.3, 0.4) is 0 Å². The molecule has 2 aromatic rings. The van der Waals surface area contributed by atoms with Crippen LogP contribution in [0.1, 0.15) is 18.4 Å². The van der Waals surface area contributed by atoms with Crippen molar-refractivity contribution in [2.24, 2.45) is 0 Å². The van der Waals surface area contributed by atoms with Crippen molar-refractivity contribution in [3.8, 4) is 0 Å². The Bertz CT molecular complexity index is 543. The fourth-order valence-corrected chi connectivity index (χ4v) is 2.49. The lowest BCUT2D eigenvalue weighted by Crippen LogP contribution is -2.30. The molecule has 1 aliphatic rings. The summed E-state index contributed by atoms with van der Waals surface area (Å²) in [4.78, 5) is 6.85. The molecule has 0 atom stereocenters. The molecule has 1 aliphatic carbocycles. The van der Waals surface area contributed by atoms with E-state index in [0.717, 1.165) is 31.2 Å². The maximum Gasteiger partial charge on any atom is 0.0705 e. The largest absolute Gasteiger partial charge is 0.311 e. The first-order chi connectivity index (χ1) is 9.34. The van der Waals surface area contributed by atoms with Gasteiger partial charge in [-0.15, -0.1) is 0 Å². The van der Waals surface area contributed by atoms with E-state index >= 15 is 0 Å². The SMILES string of the molecule is CN(CCNCc1ccnc2ccccc12)C1CC1. The lowest BCUT2D eigenvalue weighted by molar-refractivity contribution is 0.321. The van der Waals surface area contributed by atoms with E-state index in [2.05, 4.69) is 46.5 Å². The van der Waals surface area contributed by atoms with Gasteiger partial charge in [0.25, 0.3) is 0 Å². The smallest absolute Gasteiger partial charge is 0.0705 e. The molecule has 0 radical (unpaired) electrons. The predicted molar refractivity (Wildman–Crippen MR) is 79.1 cm³/mol. The fourth-order valence-electron chi connectivity index (χ4n) is 2.49. The third-order valence-electron chi connectivity index (χ3n) is 3.87. The first-order valence-corrected chi connectivity index (χ1v) is 7.08. The van der Waals surface area contributed by atoms with Crippen LogP contribution in [0.15, 0.2) is 36.5 Å². The average molecular weight is 255 g/mol. The summed E-state index contributed by atoms with van der Waals surface area (Å²) in [5.41, 5.74) is 2.41. The molecule has 1 heterocycles. The first kappa shape index (κ1) is 12.6. The van der Waals surface area contributed by atoms with E-state index in [1.54, 1.807) is 0 Å². The molecule has 0 aliphatic heterocycles. The lowest BCUT2D eigenvalue weighted by atomic mass is 10.1. The fraction of sp³-hybridized carbons (Fsp3) is 0.438. The Hall–Kier alpha value is -1.45. The topological polar surface area (TPSA) is 28.2 Å². The van der Waals surface area contributed by atoms with Crippen molar-refractivity contribution in [2.75, 3.05) is 20.1 Å². The first-order valence-electron chi connectivity index (χ1n) is 7.08. The van der Waals surface area contributed by atoms with E-state index in [9.17, 15) is 0 Å². The van der Waals surface area contributed by atoms with Gasteiger partial charge in [-0.05, 0) is 37.6 Å². The number of nitrogens with zero attached hydrogens (tertiary/aromatic N) is 2. The van der Waals surface area contributed by atoms with Gasteiger partial charge in [-0.1, -0.05) is 18.2 Å². The van der Waals surface area contributed by atoms with E-state index in [1.165, 1.54) is 23.8 Å². The number of likely N-dealkylation sites (N-methyl/N-ethyl adjacent to an activating group) is 1. The standard InChI is InChI=1S/C16H21N3/c1-19(14-6-7-14)11-10-17-12-13-8-9-18-16-5-3-2-4-15(13)16/h2-5,8-9,14,17H,6-7,10-12H2,1H3. The zero-order valence-corrected chi connectivity index (χ0v) is 11.5. The van der Waals surface area contributed by atoms with E-state index in [-0.39, 0.29) is 0 Å². The second kappa shape index (κ2) is 5.68. The third-order valence-corrected chi connectivity index (χ3v) is 3.87. The highest BCUT2D eigenvalue weighted by Gasteiger charge is 2.25. The number of fused-ring (bicyclic) bond motifs is 1. The van der Waals surface area contributed by atoms with Crippen molar-refractivity contribution < 1.29 is 0 Å². The van der Waals surface area contributed by atoms with Gasteiger partial charge in [-0.3, -0.25) is 4.98 Å². The van der Waals surface area contributed by atoms with E-state index in [1.807, 2.05) is 12.3 Å². The zero-order valence-electron chi connectivity index (χ0n) is 11.5. The number of benzene rings is 1. The third kappa shape index (κ3) is 3.11. The molecule has 100 valence electrons. The van der Waals surface area contributed by atoms with Crippen LogP contribution < -0.4 is 5.32 Å². The minimum Gasteiger partial charge on any atom is -0.311 e. The number of rotatable bonds is 6. The van der Waals surface area contributed by atoms with Gasteiger partial charge in [0.15, 0.2) is 0 Å². The zero-order chi connectivity index (χ0) is 13.1. The summed E-state index contributed by atoms with van der Waals surface area (Å²) >= 11 is 0. The van der Waals surface area contributed by atoms with Crippen molar-refractivity contribution in [2.45, 2.75) is 25.4 Å². The summed E-state index contributed by atoms with van der Waals surface area (Å²) in [6, 6.07) is 11.3. The molecule has 3 nitrogen and oxygen atoms in total. The average Bonchev–Trinajstić information content (AvgIpc) is 3.28. The maximum absolute atomic E-state index is 4.39. The molecule has 0 unspecified atom stereocenters. The Labute approximate surface area is 114 Å². The Balaban J connectivity index is 1.56. The number of pyridine rings is 1. The van der Waals surface area contributed by atoms with Crippen molar-refractivity contribution in [3.05, 3.63) is 42.1 Å². The monoisotopic (exact) mass is 255 g/mol. The van der Waals surface area contributed by atoms with Gasteiger partial charge in [0.1, 0.15) is 0 Å². The normalized spacial score (nSPS) is 15.3. The van der Waals surface area contributed by atoms with Crippen molar-refractivity contribution in [1.82, 2.24) is 15.2 Å². The van der Waals surface area contributed by atoms with E-state index in [0.29, 0.717) is 0 Å². The van der Waals surface area contributed by atoms with Gasteiger partial charge in [0.05, 0.1) is 5.52 Å². The van der Waals surface area contributed by atoms with Crippen LogP contribution in [0.4, 0.5) is 0 Å². The summed E-state index contributed by atoms with van der Waals surface area (Å²) < 4.78 is 0. The molecular weight excluding hydrogens is 234 g/mol. The van der Waals surface area contributed by atoms with Gasteiger partial charge in [0, 0.05) is 37.3 Å². The van der Waals surface area contributed by atoms with Crippen LogP contribution in [-0.2, 0) is 6.54 Å².